The van der Waals surface area contributed by atoms with Crippen LogP contribution in [0.25, 0.3) is 0 Å². The molecule has 0 unspecified atom stereocenters. The molecule has 26 heavy (non-hydrogen) atoms. The molecule has 0 aromatic heterocycles. The Morgan fingerprint density at radius 3 is 2.31 bits per heavy atom. The van der Waals surface area contributed by atoms with E-state index in [9.17, 15) is 24.5 Å². The van der Waals surface area contributed by atoms with E-state index in [2.05, 4.69) is 0 Å². The molecule has 0 bridgehead atoms. The first-order valence-electron chi connectivity index (χ1n) is 7.86. The number of rotatable bonds is 5. The molecule has 1 aliphatic rings. The van der Waals surface area contributed by atoms with Crippen molar-refractivity contribution in [1.29, 1.82) is 0 Å². The molecule has 0 radical (unpaired) electrons. The summed E-state index contributed by atoms with van der Waals surface area (Å²) in [4.78, 5) is 48.9. The maximum atomic E-state index is 12.1. The second-order valence-electron chi connectivity index (χ2n) is 5.61. The van der Waals surface area contributed by atoms with Gasteiger partial charge in [-0.05, 0) is 12.1 Å². The lowest BCUT2D eigenvalue weighted by atomic mass is 10.2. The number of hydrogen-bond acceptors (Lipinski definition) is 7. The van der Waals surface area contributed by atoms with Gasteiger partial charge in [0.15, 0.2) is 12.4 Å². The molecule has 0 saturated carbocycles. The number of amides is 2. The van der Waals surface area contributed by atoms with E-state index in [0.717, 1.165) is 6.07 Å². The molecule has 0 N–H and O–H groups in total. The van der Waals surface area contributed by atoms with Crippen LogP contribution in [-0.2, 0) is 14.3 Å². The van der Waals surface area contributed by atoms with Crippen LogP contribution in [-0.4, -0.2) is 72.4 Å². The van der Waals surface area contributed by atoms with Crippen molar-refractivity contribution in [1.82, 2.24) is 9.80 Å². The average molecular weight is 365 g/mol. The lowest BCUT2D eigenvalue weighted by molar-refractivity contribution is -0.385. The third-order valence-corrected chi connectivity index (χ3v) is 4.02. The maximum Gasteiger partial charge on any atom is 0.338 e. The Hall–Kier alpha value is -3.17. The van der Waals surface area contributed by atoms with Crippen LogP contribution >= 0.6 is 0 Å². The molecule has 2 rings (SSSR count). The number of carbonyl (C=O) groups excluding carboxylic acids is 3. The van der Waals surface area contributed by atoms with Crippen LogP contribution in [0.15, 0.2) is 18.2 Å². The van der Waals surface area contributed by atoms with Gasteiger partial charge < -0.3 is 19.3 Å². The van der Waals surface area contributed by atoms with E-state index in [1.54, 1.807) is 4.90 Å². The SMILES string of the molecule is COc1ccc(C(=O)OCC(=O)N2CCN(C(C)=O)CC2)cc1[N+](=O)[O-]. The first kappa shape index (κ1) is 19.2. The number of piperazine rings is 1. The predicted molar refractivity (Wildman–Crippen MR) is 88.8 cm³/mol. The number of nitrogens with zero attached hydrogens (tertiary/aromatic N) is 3. The first-order chi connectivity index (χ1) is 12.3. The van der Waals surface area contributed by atoms with Crippen LogP contribution in [0, 0.1) is 10.1 Å². The number of nitro benzene ring substituents is 1. The standard InChI is InChI=1S/C16H19N3O7/c1-11(20)17-5-7-18(8-6-17)15(21)10-26-16(22)12-3-4-14(25-2)13(9-12)19(23)24/h3-4,9H,5-8,10H2,1-2H3. The first-order valence-corrected chi connectivity index (χ1v) is 7.86. The molecule has 1 aromatic carbocycles. The van der Waals surface area contributed by atoms with Crippen molar-refractivity contribution in [2.45, 2.75) is 6.92 Å². The molecule has 0 spiro atoms. The van der Waals surface area contributed by atoms with Crippen molar-refractivity contribution in [3.05, 3.63) is 33.9 Å². The average Bonchev–Trinajstić information content (AvgIpc) is 2.65. The fourth-order valence-electron chi connectivity index (χ4n) is 2.53. The monoisotopic (exact) mass is 365 g/mol. The molecule has 1 heterocycles. The predicted octanol–water partition coefficient (Wildman–Crippen LogP) is 0.451. The Morgan fingerprint density at radius 1 is 1.15 bits per heavy atom. The Balaban J connectivity index is 1.92. The Kier molecular flexibility index (Phi) is 6.10. The smallest absolute Gasteiger partial charge is 0.338 e. The summed E-state index contributed by atoms with van der Waals surface area (Å²) in [5.41, 5.74) is -0.416. The quantitative estimate of drug-likeness (QED) is 0.422. The summed E-state index contributed by atoms with van der Waals surface area (Å²) in [6, 6.07) is 3.65. The fourth-order valence-corrected chi connectivity index (χ4v) is 2.53. The number of ether oxygens (including phenoxy) is 2. The summed E-state index contributed by atoms with van der Waals surface area (Å²) in [5.74, 6) is -1.26. The van der Waals surface area contributed by atoms with Gasteiger partial charge in [-0.3, -0.25) is 19.7 Å². The van der Waals surface area contributed by atoms with Gasteiger partial charge in [-0.1, -0.05) is 0 Å². The Bertz CT molecular complexity index is 727. The van der Waals surface area contributed by atoms with E-state index < -0.39 is 17.5 Å². The molecular formula is C16H19N3O7. The molecule has 2 amide bonds. The van der Waals surface area contributed by atoms with Gasteiger partial charge >= 0.3 is 11.7 Å². The maximum absolute atomic E-state index is 12.1. The molecule has 10 heteroatoms. The third-order valence-electron chi connectivity index (χ3n) is 4.02. The van der Waals surface area contributed by atoms with Crippen molar-refractivity contribution in [2.75, 3.05) is 39.9 Å². The van der Waals surface area contributed by atoms with Crippen molar-refractivity contribution in [3.63, 3.8) is 0 Å². The van der Waals surface area contributed by atoms with Gasteiger partial charge in [-0.2, -0.15) is 0 Å². The van der Waals surface area contributed by atoms with Gasteiger partial charge in [0.25, 0.3) is 5.91 Å². The summed E-state index contributed by atoms with van der Waals surface area (Å²) < 4.78 is 9.81. The van der Waals surface area contributed by atoms with Crippen LogP contribution in [0.1, 0.15) is 17.3 Å². The largest absolute Gasteiger partial charge is 0.490 e. The van der Waals surface area contributed by atoms with E-state index in [1.165, 1.54) is 31.1 Å². The molecule has 0 atom stereocenters. The highest BCUT2D eigenvalue weighted by Gasteiger charge is 2.24. The van der Waals surface area contributed by atoms with Crippen molar-refractivity contribution in [3.8, 4) is 5.75 Å². The van der Waals surface area contributed by atoms with Gasteiger partial charge in [-0.15, -0.1) is 0 Å². The number of esters is 1. The van der Waals surface area contributed by atoms with Crippen LogP contribution in [0.3, 0.4) is 0 Å². The van der Waals surface area contributed by atoms with Crippen molar-refractivity contribution >= 4 is 23.5 Å². The highest BCUT2D eigenvalue weighted by Crippen LogP contribution is 2.27. The lowest BCUT2D eigenvalue weighted by Crippen LogP contribution is -2.51. The third kappa shape index (κ3) is 4.47. The highest BCUT2D eigenvalue weighted by atomic mass is 16.6. The number of hydrogen-bond donors (Lipinski definition) is 0. The minimum Gasteiger partial charge on any atom is -0.490 e. The Morgan fingerprint density at radius 2 is 1.77 bits per heavy atom. The van der Waals surface area contributed by atoms with Gasteiger partial charge in [0.2, 0.25) is 5.91 Å². The van der Waals surface area contributed by atoms with Gasteiger partial charge in [0.05, 0.1) is 17.6 Å². The molecule has 10 nitrogen and oxygen atoms in total. The van der Waals surface area contributed by atoms with E-state index in [0.29, 0.717) is 26.2 Å². The van der Waals surface area contributed by atoms with E-state index in [1.807, 2.05) is 0 Å². The lowest BCUT2D eigenvalue weighted by Gasteiger charge is -2.34. The van der Waals surface area contributed by atoms with Crippen LogP contribution in [0.4, 0.5) is 5.69 Å². The van der Waals surface area contributed by atoms with Gasteiger partial charge in [0, 0.05) is 39.2 Å². The Labute approximate surface area is 149 Å². The number of carbonyl (C=O) groups is 3. The summed E-state index contributed by atoms with van der Waals surface area (Å²) in [6.45, 7) is 2.58. The molecular weight excluding hydrogens is 346 g/mol. The summed E-state index contributed by atoms with van der Waals surface area (Å²) >= 11 is 0. The molecule has 1 fully saturated rings. The van der Waals surface area contributed by atoms with Crippen molar-refractivity contribution in [2.24, 2.45) is 0 Å². The summed E-state index contributed by atoms with van der Waals surface area (Å²) in [6.07, 6.45) is 0. The normalized spacial score (nSPS) is 13.9. The minimum absolute atomic E-state index is 0.0194. The van der Waals surface area contributed by atoms with Gasteiger partial charge in [0.1, 0.15) is 0 Å². The van der Waals surface area contributed by atoms with Crippen LogP contribution < -0.4 is 4.74 Å². The number of benzene rings is 1. The van der Waals surface area contributed by atoms with E-state index in [-0.39, 0.29) is 28.8 Å². The fraction of sp³-hybridized carbons (Fsp3) is 0.438. The number of methoxy groups -OCH3 is 1. The highest BCUT2D eigenvalue weighted by molar-refractivity contribution is 5.92. The topological polar surface area (TPSA) is 119 Å². The molecule has 1 aromatic rings. The number of nitro groups is 1. The second-order valence-corrected chi connectivity index (χ2v) is 5.61. The summed E-state index contributed by atoms with van der Waals surface area (Å²) in [7, 11) is 1.28. The minimum atomic E-state index is -0.841. The van der Waals surface area contributed by atoms with Crippen LogP contribution in [0.2, 0.25) is 0 Å². The molecule has 140 valence electrons. The molecule has 1 saturated heterocycles. The van der Waals surface area contributed by atoms with Crippen molar-refractivity contribution < 1.29 is 28.8 Å². The van der Waals surface area contributed by atoms with Crippen LogP contribution in [0.5, 0.6) is 5.75 Å². The molecule has 0 aliphatic carbocycles. The zero-order chi connectivity index (χ0) is 19.3. The van der Waals surface area contributed by atoms with Gasteiger partial charge in [-0.25, -0.2) is 4.79 Å². The zero-order valence-electron chi connectivity index (χ0n) is 14.5. The second kappa shape index (κ2) is 8.28. The zero-order valence-corrected chi connectivity index (χ0v) is 14.5. The molecule has 1 aliphatic heterocycles. The van der Waals surface area contributed by atoms with E-state index >= 15 is 0 Å². The summed E-state index contributed by atoms with van der Waals surface area (Å²) in [5, 5.41) is 11.0. The van der Waals surface area contributed by atoms with E-state index in [4.69, 9.17) is 9.47 Å².